The molecule has 98 valence electrons. The van der Waals surface area contributed by atoms with E-state index in [1.165, 1.54) is 6.92 Å². The van der Waals surface area contributed by atoms with E-state index in [1.807, 2.05) is 0 Å². The minimum Gasteiger partial charge on any atom is -0.480 e. The van der Waals surface area contributed by atoms with E-state index in [0.717, 1.165) is 0 Å². The second-order valence-electron chi connectivity index (χ2n) is 3.95. The predicted molar refractivity (Wildman–Crippen MR) is 64.6 cm³/mol. The molecular weight excluding hydrogens is 236 g/mol. The van der Waals surface area contributed by atoms with Crippen LogP contribution < -0.4 is 11.1 Å². The third kappa shape index (κ3) is 3.54. The average molecular weight is 252 g/mol. The van der Waals surface area contributed by atoms with Crippen molar-refractivity contribution in [2.45, 2.75) is 25.1 Å². The fourth-order valence-corrected chi connectivity index (χ4v) is 1.44. The zero-order valence-electron chi connectivity index (χ0n) is 9.91. The standard InChI is InChI=1S/C12H16N2O4/c1-7(15)10(12(17)18)14-11(16)9(13)8-5-3-2-4-6-8/h2-7,9-10,15H,13H2,1H3,(H,14,16)(H,17,18)/t7?,9-,10?/m0/s1. The number of carboxylic acids is 1. The number of aliphatic hydroxyl groups excluding tert-OH is 1. The molecule has 18 heavy (non-hydrogen) atoms. The summed E-state index contributed by atoms with van der Waals surface area (Å²) in [5.41, 5.74) is 6.27. The first kappa shape index (κ1) is 14.1. The lowest BCUT2D eigenvalue weighted by Crippen LogP contribution is -2.50. The molecular formula is C12H16N2O4. The topological polar surface area (TPSA) is 113 Å². The Hall–Kier alpha value is -1.92. The summed E-state index contributed by atoms with van der Waals surface area (Å²) in [4.78, 5) is 22.6. The van der Waals surface area contributed by atoms with Crippen molar-refractivity contribution in [2.24, 2.45) is 5.73 Å². The van der Waals surface area contributed by atoms with Gasteiger partial charge in [-0.25, -0.2) is 4.79 Å². The monoisotopic (exact) mass is 252 g/mol. The van der Waals surface area contributed by atoms with Crippen molar-refractivity contribution in [3.63, 3.8) is 0 Å². The van der Waals surface area contributed by atoms with Gasteiger partial charge in [-0.1, -0.05) is 30.3 Å². The summed E-state index contributed by atoms with van der Waals surface area (Å²) in [6, 6.07) is 6.24. The van der Waals surface area contributed by atoms with Crippen molar-refractivity contribution in [1.29, 1.82) is 0 Å². The van der Waals surface area contributed by atoms with Gasteiger partial charge in [0.1, 0.15) is 6.04 Å². The van der Waals surface area contributed by atoms with Gasteiger partial charge in [0.25, 0.3) is 0 Å². The second kappa shape index (κ2) is 6.13. The Bertz CT molecular complexity index is 419. The van der Waals surface area contributed by atoms with Crippen LogP contribution in [0.2, 0.25) is 0 Å². The fraction of sp³-hybridized carbons (Fsp3) is 0.333. The van der Waals surface area contributed by atoms with Crippen LogP contribution >= 0.6 is 0 Å². The van der Waals surface area contributed by atoms with E-state index in [2.05, 4.69) is 5.32 Å². The summed E-state index contributed by atoms with van der Waals surface area (Å²) in [6.45, 7) is 1.28. The molecule has 0 spiro atoms. The largest absolute Gasteiger partial charge is 0.480 e. The zero-order chi connectivity index (χ0) is 13.7. The van der Waals surface area contributed by atoms with Crippen molar-refractivity contribution in [1.82, 2.24) is 5.32 Å². The van der Waals surface area contributed by atoms with E-state index in [1.54, 1.807) is 30.3 Å². The lowest BCUT2D eigenvalue weighted by Gasteiger charge is -2.19. The molecule has 0 aliphatic rings. The molecule has 5 N–H and O–H groups in total. The number of nitrogens with two attached hydrogens (primary N) is 1. The Morgan fingerprint density at radius 3 is 2.28 bits per heavy atom. The SMILES string of the molecule is CC(O)C(NC(=O)[C@@H](N)c1ccccc1)C(=O)O. The Labute approximate surface area is 104 Å². The lowest BCUT2D eigenvalue weighted by molar-refractivity contribution is -0.145. The molecule has 1 aromatic rings. The molecule has 1 aromatic carbocycles. The molecule has 6 nitrogen and oxygen atoms in total. The predicted octanol–water partition coefficient (Wildman–Crippen LogP) is -0.363. The minimum absolute atomic E-state index is 0.574. The quantitative estimate of drug-likeness (QED) is 0.571. The van der Waals surface area contributed by atoms with Gasteiger partial charge in [-0.2, -0.15) is 0 Å². The molecule has 6 heteroatoms. The summed E-state index contributed by atoms with van der Waals surface area (Å²) in [5, 5.41) is 20.3. The summed E-state index contributed by atoms with van der Waals surface area (Å²) in [7, 11) is 0. The zero-order valence-corrected chi connectivity index (χ0v) is 9.91. The molecule has 2 unspecified atom stereocenters. The number of hydrogen-bond donors (Lipinski definition) is 4. The first-order valence-electron chi connectivity index (χ1n) is 5.45. The maximum absolute atomic E-state index is 11.8. The Morgan fingerprint density at radius 1 is 1.28 bits per heavy atom. The van der Waals surface area contributed by atoms with Crippen molar-refractivity contribution in [3.8, 4) is 0 Å². The van der Waals surface area contributed by atoms with E-state index in [9.17, 15) is 14.7 Å². The van der Waals surface area contributed by atoms with E-state index in [4.69, 9.17) is 10.8 Å². The number of aliphatic hydroxyl groups is 1. The second-order valence-corrected chi connectivity index (χ2v) is 3.95. The first-order valence-corrected chi connectivity index (χ1v) is 5.45. The van der Waals surface area contributed by atoms with Crippen LogP contribution in [0.1, 0.15) is 18.5 Å². The summed E-state index contributed by atoms with van der Waals surface area (Å²) in [5.74, 6) is -1.95. The molecule has 0 aliphatic carbocycles. The molecule has 0 bridgehead atoms. The van der Waals surface area contributed by atoms with Crippen LogP contribution in [0.25, 0.3) is 0 Å². The van der Waals surface area contributed by atoms with Crippen LogP contribution in [0.5, 0.6) is 0 Å². The summed E-state index contributed by atoms with van der Waals surface area (Å²) >= 11 is 0. The van der Waals surface area contributed by atoms with E-state index in [-0.39, 0.29) is 0 Å². The summed E-state index contributed by atoms with van der Waals surface area (Å²) < 4.78 is 0. The lowest BCUT2D eigenvalue weighted by atomic mass is 10.1. The number of rotatable bonds is 5. The van der Waals surface area contributed by atoms with Crippen molar-refractivity contribution in [3.05, 3.63) is 35.9 Å². The van der Waals surface area contributed by atoms with Crippen LogP contribution in [0.4, 0.5) is 0 Å². The van der Waals surface area contributed by atoms with Gasteiger partial charge in [0, 0.05) is 0 Å². The van der Waals surface area contributed by atoms with Gasteiger partial charge in [0.2, 0.25) is 5.91 Å². The van der Waals surface area contributed by atoms with E-state index >= 15 is 0 Å². The van der Waals surface area contributed by atoms with Gasteiger partial charge >= 0.3 is 5.97 Å². The minimum atomic E-state index is -1.37. The Kier molecular flexibility index (Phi) is 4.82. The number of carboxylic acid groups (broad SMARTS) is 1. The van der Waals surface area contributed by atoms with E-state index < -0.39 is 30.1 Å². The number of benzene rings is 1. The number of hydrogen-bond acceptors (Lipinski definition) is 4. The van der Waals surface area contributed by atoms with Gasteiger partial charge in [0.15, 0.2) is 6.04 Å². The maximum atomic E-state index is 11.8. The number of carbonyl (C=O) groups excluding carboxylic acids is 1. The van der Waals surface area contributed by atoms with Gasteiger partial charge in [-0.15, -0.1) is 0 Å². The molecule has 0 saturated heterocycles. The highest BCUT2D eigenvalue weighted by molar-refractivity contribution is 5.87. The normalized spacial score (nSPS) is 15.5. The van der Waals surface area contributed by atoms with E-state index in [0.29, 0.717) is 5.56 Å². The smallest absolute Gasteiger partial charge is 0.328 e. The van der Waals surface area contributed by atoms with Gasteiger partial charge in [-0.3, -0.25) is 4.79 Å². The van der Waals surface area contributed by atoms with Crippen LogP contribution in [-0.4, -0.2) is 34.2 Å². The summed E-state index contributed by atoms with van der Waals surface area (Å²) in [6.07, 6.45) is -1.20. The molecule has 1 amide bonds. The molecule has 0 heterocycles. The first-order chi connectivity index (χ1) is 8.43. The van der Waals surface area contributed by atoms with Gasteiger partial charge in [-0.05, 0) is 12.5 Å². The van der Waals surface area contributed by atoms with Crippen LogP contribution in [0, 0.1) is 0 Å². The number of carbonyl (C=O) groups is 2. The third-order valence-electron chi connectivity index (χ3n) is 2.49. The van der Waals surface area contributed by atoms with Crippen LogP contribution in [-0.2, 0) is 9.59 Å². The van der Waals surface area contributed by atoms with Crippen molar-refractivity contribution >= 4 is 11.9 Å². The number of aliphatic carboxylic acids is 1. The van der Waals surface area contributed by atoms with Crippen LogP contribution in [0.15, 0.2) is 30.3 Å². The number of nitrogens with one attached hydrogen (secondary N) is 1. The Balaban J connectivity index is 2.73. The average Bonchev–Trinajstić information content (AvgIpc) is 2.35. The molecule has 0 radical (unpaired) electrons. The Morgan fingerprint density at radius 2 is 1.83 bits per heavy atom. The van der Waals surface area contributed by atoms with Crippen LogP contribution in [0.3, 0.4) is 0 Å². The third-order valence-corrected chi connectivity index (χ3v) is 2.49. The fourth-order valence-electron chi connectivity index (χ4n) is 1.44. The highest BCUT2D eigenvalue weighted by atomic mass is 16.4. The number of amides is 1. The molecule has 0 aliphatic heterocycles. The van der Waals surface area contributed by atoms with Crippen molar-refractivity contribution < 1.29 is 19.8 Å². The highest BCUT2D eigenvalue weighted by Crippen LogP contribution is 2.10. The molecule has 0 aromatic heterocycles. The van der Waals surface area contributed by atoms with Crippen molar-refractivity contribution in [2.75, 3.05) is 0 Å². The molecule has 0 fully saturated rings. The van der Waals surface area contributed by atoms with Gasteiger partial charge < -0.3 is 21.3 Å². The molecule has 1 rings (SSSR count). The molecule has 0 saturated carbocycles. The van der Waals surface area contributed by atoms with Gasteiger partial charge in [0.05, 0.1) is 6.10 Å². The maximum Gasteiger partial charge on any atom is 0.328 e. The molecule has 3 atom stereocenters. The highest BCUT2D eigenvalue weighted by Gasteiger charge is 2.27.